The van der Waals surface area contributed by atoms with Crippen molar-refractivity contribution in [1.29, 1.82) is 0 Å². The van der Waals surface area contributed by atoms with Gasteiger partial charge >= 0.3 is 0 Å². The van der Waals surface area contributed by atoms with E-state index in [0.717, 1.165) is 12.0 Å². The molecule has 1 aliphatic heterocycles. The Kier molecular flexibility index (Phi) is 3.09. The van der Waals surface area contributed by atoms with Crippen molar-refractivity contribution in [2.75, 3.05) is 19.6 Å². The smallest absolute Gasteiger partial charge is 0.0244 e. The summed E-state index contributed by atoms with van der Waals surface area (Å²) in [7, 11) is 0. The topological polar surface area (TPSA) is 15.3 Å². The van der Waals surface area contributed by atoms with Gasteiger partial charge in [0.15, 0.2) is 0 Å². The van der Waals surface area contributed by atoms with Gasteiger partial charge in [-0.2, -0.15) is 0 Å². The summed E-state index contributed by atoms with van der Waals surface area (Å²) in [6, 6.07) is 1.42. The fraction of sp³-hybridized carbons (Fsp3) is 1.00. The summed E-state index contributed by atoms with van der Waals surface area (Å²) in [5.41, 5.74) is 0.657. The van der Waals surface area contributed by atoms with Gasteiger partial charge in [0.1, 0.15) is 0 Å². The molecule has 1 N–H and O–H groups in total. The van der Waals surface area contributed by atoms with Crippen molar-refractivity contribution < 1.29 is 0 Å². The summed E-state index contributed by atoms with van der Waals surface area (Å²) in [6.45, 7) is 13.2. The molecule has 2 nitrogen and oxygen atoms in total. The first-order valence-corrected chi connectivity index (χ1v) is 6.48. The molecule has 2 unspecified atom stereocenters. The van der Waals surface area contributed by atoms with Crippen molar-refractivity contribution in [3.63, 3.8) is 0 Å². The molecule has 2 heteroatoms. The highest BCUT2D eigenvalue weighted by Gasteiger charge is 2.41. The largest absolute Gasteiger partial charge is 0.311 e. The van der Waals surface area contributed by atoms with Crippen LogP contribution in [0.3, 0.4) is 0 Å². The van der Waals surface area contributed by atoms with Crippen LogP contribution in [0.4, 0.5) is 0 Å². The van der Waals surface area contributed by atoms with Crippen molar-refractivity contribution in [1.82, 2.24) is 10.2 Å². The molecule has 0 bridgehead atoms. The van der Waals surface area contributed by atoms with Crippen LogP contribution in [0.5, 0.6) is 0 Å². The maximum Gasteiger partial charge on any atom is 0.0244 e. The second-order valence-corrected chi connectivity index (χ2v) is 6.36. The fourth-order valence-corrected chi connectivity index (χ4v) is 2.70. The summed E-state index contributed by atoms with van der Waals surface area (Å²) >= 11 is 0. The number of hydrogen-bond donors (Lipinski definition) is 1. The molecule has 0 aromatic carbocycles. The lowest BCUT2D eigenvalue weighted by molar-refractivity contribution is 0.0836. The van der Waals surface area contributed by atoms with E-state index in [9.17, 15) is 0 Å². The third-order valence-electron chi connectivity index (χ3n) is 4.11. The van der Waals surface area contributed by atoms with Crippen molar-refractivity contribution in [3.05, 3.63) is 0 Å². The third-order valence-corrected chi connectivity index (χ3v) is 4.11. The van der Waals surface area contributed by atoms with Crippen LogP contribution in [0.2, 0.25) is 0 Å². The minimum absolute atomic E-state index is 0.657. The molecule has 2 fully saturated rings. The lowest BCUT2D eigenvalue weighted by Crippen LogP contribution is -2.58. The molecule has 0 radical (unpaired) electrons. The van der Waals surface area contributed by atoms with Gasteiger partial charge < -0.3 is 5.32 Å². The number of nitrogens with zero attached hydrogens (tertiary/aromatic N) is 1. The Morgan fingerprint density at radius 1 is 1.40 bits per heavy atom. The SMILES string of the molecule is CC1CN(CC2(C)CC2)C(C(C)C)CN1. The number of piperazine rings is 1. The Bertz CT molecular complexity index is 221. The van der Waals surface area contributed by atoms with Crippen LogP contribution in [0.25, 0.3) is 0 Å². The zero-order valence-corrected chi connectivity index (χ0v) is 10.7. The minimum atomic E-state index is 0.657. The van der Waals surface area contributed by atoms with Gasteiger partial charge in [0.25, 0.3) is 0 Å². The molecule has 88 valence electrons. The van der Waals surface area contributed by atoms with E-state index in [1.807, 2.05) is 0 Å². The lowest BCUT2D eigenvalue weighted by atomic mass is 9.96. The van der Waals surface area contributed by atoms with Gasteiger partial charge in [0.2, 0.25) is 0 Å². The predicted octanol–water partition coefficient (Wildman–Crippen LogP) is 2.10. The molecule has 2 aliphatic rings. The van der Waals surface area contributed by atoms with Crippen LogP contribution in [0.15, 0.2) is 0 Å². The van der Waals surface area contributed by atoms with Crippen molar-refractivity contribution in [3.8, 4) is 0 Å². The summed E-state index contributed by atoms with van der Waals surface area (Å²) < 4.78 is 0. The summed E-state index contributed by atoms with van der Waals surface area (Å²) in [5.74, 6) is 0.771. The van der Waals surface area contributed by atoms with Gasteiger partial charge in [-0.3, -0.25) is 4.90 Å². The minimum Gasteiger partial charge on any atom is -0.311 e. The first kappa shape index (κ1) is 11.4. The fourth-order valence-electron chi connectivity index (χ4n) is 2.70. The van der Waals surface area contributed by atoms with Crippen molar-refractivity contribution >= 4 is 0 Å². The zero-order chi connectivity index (χ0) is 11.1. The Hall–Kier alpha value is -0.0800. The molecule has 1 saturated carbocycles. The van der Waals surface area contributed by atoms with Crippen molar-refractivity contribution in [2.45, 2.75) is 52.6 Å². The standard InChI is InChI=1S/C13H26N2/c1-10(2)12-7-14-11(3)8-15(12)9-13(4)5-6-13/h10-12,14H,5-9H2,1-4H3. The average Bonchev–Trinajstić information content (AvgIpc) is 2.82. The summed E-state index contributed by atoms with van der Waals surface area (Å²) in [4.78, 5) is 2.73. The molecule has 2 atom stereocenters. The van der Waals surface area contributed by atoms with E-state index in [4.69, 9.17) is 0 Å². The Morgan fingerprint density at radius 2 is 2.07 bits per heavy atom. The van der Waals surface area contributed by atoms with E-state index in [-0.39, 0.29) is 0 Å². The van der Waals surface area contributed by atoms with Gasteiger partial charge in [-0.25, -0.2) is 0 Å². The summed E-state index contributed by atoms with van der Waals surface area (Å²) in [6.07, 6.45) is 2.88. The van der Waals surface area contributed by atoms with Crippen LogP contribution >= 0.6 is 0 Å². The first-order valence-electron chi connectivity index (χ1n) is 6.48. The molecule has 2 rings (SSSR count). The van der Waals surface area contributed by atoms with E-state index in [1.54, 1.807) is 0 Å². The average molecular weight is 210 g/mol. The van der Waals surface area contributed by atoms with Crippen LogP contribution in [0, 0.1) is 11.3 Å². The third kappa shape index (κ3) is 2.73. The van der Waals surface area contributed by atoms with Crippen LogP contribution < -0.4 is 5.32 Å². The van der Waals surface area contributed by atoms with Gasteiger partial charge in [-0.1, -0.05) is 20.8 Å². The molecule has 0 spiro atoms. The highest BCUT2D eigenvalue weighted by Crippen LogP contribution is 2.46. The van der Waals surface area contributed by atoms with Gasteiger partial charge in [0.05, 0.1) is 0 Å². The first-order chi connectivity index (χ1) is 7.00. The molecule has 1 aliphatic carbocycles. The number of rotatable bonds is 3. The highest BCUT2D eigenvalue weighted by molar-refractivity contribution is 4.95. The van der Waals surface area contributed by atoms with Crippen molar-refractivity contribution in [2.24, 2.45) is 11.3 Å². The van der Waals surface area contributed by atoms with E-state index in [0.29, 0.717) is 11.5 Å². The molecule has 0 aromatic heterocycles. The van der Waals surface area contributed by atoms with Gasteiger partial charge in [-0.05, 0) is 31.1 Å². The van der Waals surface area contributed by atoms with E-state index >= 15 is 0 Å². The maximum absolute atomic E-state index is 3.61. The normalized spacial score (nSPS) is 35.8. The molecule has 0 amide bonds. The Labute approximate surface area is 94.4 Å². The quantitative estimate of drug-likeness (QED) is 0.767. The van der Waals surface area contributed by atoms with Crippen LogP contribution in [0.1, 0.15) is 40.5 Å². The highest BCUT2D eigenvalue weighted by atomic mass is 15.2. The molecule has 15 heavy (non-hydrogen) atoms. The predicted molar refractivity (Wildman–Crippen MR) is 65.0 cm³/mol. The van der Waals surface area contributed by atoms with Crippen LogP contribution in [-0.2, 0) is 0 Å². The Balaban J connectivity index is 1.96. The van der Waals surface area contributed by atoms with E-state index < -0.39 is 0 Å². The van der Waals surface area contributed by atoms with Gasteiger partial charge in [-0.15, -0.1) is 0 Å². The maximum atomic E-state index is 3.61. The molecule has 1 heterocycles. The number of hydrogen-bond acceptors (Lipinski definition) is 2. The second kappa shape index (κ2) is 4.06. The van der Waals surface area contributed by atoms with Gasteiger partial charge in [0, 0.05) is 31.7 Å². The monoisotopic (exact) mass is 210 g/mol. The summed E-state index contributed by atoms with van der Waals surface area (Å²) in [5, 5.41) is 3.61. The van der Waals surface area contributed by atoms with Crippen LogP contribution in [-0.4, -0.2) is 36.6 Å². The molecular weight excluding hydrogens is 184 g/mol. The number of nitrogens with one attached hydrogen (secondary N) is 1. The molecule has 1 saturated heterocycles. The molecular formula is C13H26N2. The molecule has 0 aromatic rings. The Morgan fingerprint density at radius 3 is 2.60 bits per heavy atom. The lowest BCUT2D eigenvalue weighted by Gasteiger charge is -2.42. The second-order valence-electron chi connectivity index (χ2n) is 6.36. The van der Waals surface area contributed by atoms with E-state index in [1.165, 1.54) is 32.5 Å². The zero-order valence-electron chi connectivity index (χ0n) is 10.7. The van der Waals surface area contributed by atoms with E-state index in [2.05, 4.69) is 37.9 Å².